The predicted molar refractivity (Wildman–Crippen MR) is 114 cm³/mol. The Hall–Kier alpha value is -2.21. The maximum atomic E-state index is 14.9. The van der Waals surface area contributed by atoms with Crippen LogP contribution in [-0.4, -0.2) is 6.18 Å². The first kappa shape index (κ1) is 25.1. The summed E-state index contributed by atoms with van der Waals surface area (Å²) in [6, 6.07) is 7.00. The highest BCUT2D eigenvalue weighted by atomic mass is 35.5. The Morgan fingerprint density at radius 3 is 2.26 bits per heavy atom. The van der Waals surface area contributed by atoms with Crippen LogP contribution in [0.4, 0.5) is 26.3 Å². The summed E-state index contributed by atoms with van der Waals surface area (Å²) >= 11 is 5.88. The van der Waals surface area contributed by atoms with Crippen molar-refractivity contribution in [3.05, 3.63) is 81.9 Å². The molecule has 0 nitrogen and oxygen atoms in total. The van der Waals surface area contributed by atoms with Gasteiger partial charge in [0.2, 0.25) is 0 Å². The lowest BCUT2D eigenvalue weighted by Gasteiger charge is -2.25. The number of hydrogen-bond acceptors (Lipinski definition) is 0. The monoisotopic (exact) mass is 460 g/mol. The Labute approximate surface area is 183 Å². The summed E-state index contributed by atoms with van der Waals surface area (Å²) in [5, 5.41) is 0.283. The van der Waals surface area contributed by atoms with E-state index < -0.39 is 35.3 Å². The van der Waals surface area contributed by atoms with Crippen LogP contribution in [0.1, 0.15) is 54.0 Å². The van der Waals surface area contributed by atoms with Crippen molar-refractivity contribution in [2.24, 2.45) is 5.92 Å². The van der Waals surface area contributed by atoms with Crippen LogP contribution < -0.4 is 0 Å². The van der Waals surface area contributed by atoms with E-state index in [2.05, 4.69) is 6.58 Å². The molecule has 0 radical (unpaired) electrons. The summed E-state index contributed by atoms with van der Waals surface area (Å²) in [7, 11) is 0. The van der Waals surface area contributed by atoms with Gasteiger partial charge in [-0.1, -0.05) is 62.4 Å². The molecule has 0 saturated carbocycles. The second-order valence-electron chi connectivity index (χ2n) is 7.48. The Morgan fingerprint density at radius 1 is 1.10 bits per heavy atom. The summed E-state index contributed by atoms with van der Waals surface area (Å²) in [6.45, 7) is 7.99. The molecule has 168 valence electrons. The number of halogens is 7. The minimum absolute atomic E-state index is 0.0996. The minimum Gasteiger partial charge on any atom is -0.207 e. The van der Waals surface area contributed by atoms with Crippen LogP contribution in [0.25, 0.3) is 11.9 Å². The van der Waals surface area contributed by atoms with Gasteiger partial charge in [0.1, 0.15) is 11.7 Å². The fraction of sp³-hybridized carbons (Fsp3) is 0.333. The zero-order chi connectivity index (χ0) is 23.6. The Kier molecular flexibility index (Phi) is 7.69. The highest BCUT2D eigenvalue weighted by Crippen LogP contribution is 2.42. The quantitative estimate of drug-likeness (QED) is 0.361. The molecule has 0 saturated heterocycles. The maximum absolute atomic E-state index is 14.9. The smallest absolute Gasteiger partial charge is 0.207 e. The Bertz CT molecular complexity index is 975. The van der Waals surface area contributed by atoms with Crippen LogP contribution in [0.2, 0.25) is 5.02 Å². The summed E-state index contributed by atoms with van der Waals surface area (Å²) in [5.41, 5.74) is -0.514. The van der Waals surface area contributed by atoms with Crippen molar-refractivity contribution in [3.63, 3.8) is 0 Å². The molecule has 31 heavy (non-hydrogen) atoms. The Balaban J connectivity index is 2.59. The lowest BCUT2D eigenvalue weighted by atomic mass is 9.89. The number of aryl methyl sites for hydroxylation is 1. The molecule has 2 aromatic carbocycles. The molecular weight excluding hydrogens is 438 g/mol. The number of rotatable bonds is 7. The highest BCUT2D eigenvalue weighted by Gasteiger charge is 2.41. The second kappa shape index (κ2) is 9.51. The molecule has 0 bridgehead atoms. The van der Waals surface area contributed by atoms with Crippen LogP contribution in [0.15, 0.2) is 49.1 Å². The number of allylic oxidation sites excluding steroid dienone is 1. The van der Waals surface area contributed by atoms with Gasteiger partial charge in [0.25, 0.3) is 5.92 Å². The second-order valence-corrected chi connectivity index (χ2v) is 7.89. The van der Waals surface area contributed by atoms with E-state index in [4.69, 9.17) is 11.6 Å². The summed E-state index contributed by atoms with van der Waals surface area (Å²) in [6.07, 6.45) is -3.01. The third-order valence-corrected chi connectivity index (χ3v) is 5.77. The number of alkyl halides is 5. The third-order valence-electron chi connectivity index (χ3n) is 5.35. The van der Waals surface area contributed by atoms with Gasteiger partial charge in [-0.2, -0.15) is 13.2 Å². The van der Waals surface area contributed by atoms with E-state index in [1.54, 1.807) is 6.92 Å². The lowest BCUT2D eigenvalue weighted by molar-refractivity contribution is -0.139. The van der Waals surface area contributed by atoms with Crippen LogP contribution in [0.5, 0.6) is 0 Å². The molecule has 2 atom stereocenters. The average Bonchev–Trinajstić information content (AvgIpc) is 2.71. The average molecular weight is 461 g/mol. The molecule has 0 amide bonds. The van der Waals surface area contributed by atoms with Gasteiger partial charge in [-0.05, 0) is 48.2 Å². The zero-order valence-corrected chi connectivity index (χ0v) is 18.1. The van der Waals surface area contributed by atoms with Gasteiger partial charge in [-0.3, -0.25) is 0 Å². The standard InChI is InChI=1S/C24H23ClF6/c1-5-15(4)23(27,28)19-12-18(8-7-16(19)6-2)22(26)13-20(24(29,30)31)17-9-10-21(25)14(3)11-17/h6-13,15,20H,2,5H2,1,3-4H3/b22-13-. The predicted octanol–water partition coefficient (Wildman–Crippen LogP) is 9.09. The van der Waals surface area contributed by atoms with E-state index in [1.807, 2.05) is 0 Å². The summed E-state index contributed by atoms with van der Waals surface area (Å²) in [4.78, 5) is 0. The van der Waals surface area contributed by atoms with Crippen molar-refractivity contribution in [2.45, 2.75) is 45.2 Å². The molecule has 0 spiro atoms. The van der Waals surface area contributed by atoms with E-state index in [0.29, 0.717) is 11.6 Å². The summed E-state index contributed by atoms with van der Waals surface area (Å²) < 4.78 is 85.7. The molecule has 7 heteroatoms. The van der Waals surface area contributed by atoms with E-state index >= 15 is 0 Å². The molecule has 0 aliphatic rings. The number of benzene rings is 2. The molecule has 2 unspecified atom stereocenters. The minimum atomic E-state index is -4.79. The van der Waals surface area contributed by atoms with Gasteiger partial charge in [0, 0.05) is 22.1 Å². The van der Waals surface area contributed by atoms with Crippen molar-refractivity contribution < 1.29 is 26.3 Å². The van der Waals surface area contributed by atoms with Gasteiger partial charge >= 0.3 is 6.18 Å². The fourth-order valence-electron chi connectivity index (χ4n) is 3.18. The molecule has 0 heterocycles. The van der Waals surface area contributed by atoms with Crippen molar-refractivity contribution in [3.8, 4) is 0 Å². The topological polar surface area (TPSA) is 0 Å². The van der Waals surface area contributed by atoms with Crippen molar-refractivity contribution in [1.29, 1.82) is 0 Å². The van der Waals surface area contributed by atoms with Crippen molar-refractivity contribution >= 4 is 23.5 Å². The number of hydrogen-bond donors (Lipinski definition) is 0. The lowest BCUT2D eigenvalue weighted by Crippen LogP contribution is -2.24. The summed E-state index contributed by atoms with van der Waals surface area (Å²) in [5.74, 6) is -7.85. The van der Waals surface area contributed by atoms with Gasteiger partial charge in [-0.15, -0.1) is 0 Å². The van der Waals surface area contributed by atoms with Crippen molar-refractivity contribution in [2.75, 3.05) is 0 Å². The van der Waals surface area contributed by atoms with Gasteiger partial charge in [-0.25, -0.2) is 13.2 Å². The molecule has 0 N–H and O–H groups in total. The highest BCUT2D eigenvalue weighted by molar-refractivity contribution is 6.31. The zero-order valence-electron chi connectivity index (χ0n) is 17.3. The van der Waals surface area contributed by atoms with E-state index in [1.165, 1.54) is 50.3 Å². The van der Waals surface area contributed by atoms with Crippen LogP contribution in [-0.2, 0) is 5.92 Å². The van der Waals surface area contributed by atoms with Gasteiger partial charge in [0.15, 0.2) is 0 Å². The first-order valence-corrected chi connectivity index (χ1v) is 10.1. The van der Waals surface area contributed by atoms with Crippen LogP contribution in [0, 0.1) is 12.8 Å². The largest absolute Gasteiger partial charge is 0.399 e. The van der Waals surface area contributed by atoms with E-state index in [-0.39, 0.29) is 28.1 Å². The third kappa shape index (κ3) is 5.53. The molecule has 0 aliphatic carbocycles. The first-order chi connectivity index (χ1) is 14.3. The van der Waals surface area contributed by atoms with Crippen LogP contribution >= 0.6 is 11.6 Å². The SMILES string of the molecule is C=Cc1ccc(/C(F)=C/C(c2ccc(Cl)c(C)c2)C(F)(F)F)cc1C(F)(F)C(C)CC. The molecule has 0 aromatic heterocycles. The fourth-order valence-corrected chi connectivity index (χ4v) is 3.29. The van der Waals surface area contributed by atoms with E-state index in [0.717, 1.165) is 6.07 Å². The molecule has 2 rings (SSSR count). The van der Waals surface area contributed by atoms with Crippen molar-refractivity contribution in [1.82, 2.24) is 0 Å². The van der Waals surface area contributed by atoms with Gasteiger partial charge in [0.05, 0.1) is 0 Å². The molecule has 2 aromatic rings. The van der Waals surface area contributed by atoms with Gasteiger partial charge < -0.3 is 0 Å². The van der Waals surface area contributed by atoms with Crippen LogP contribution in [0.3, 0.4) is 0 Å². The molecule has 0 fully saturated rings. The first-order valence-electron chi connectivity index (χ1n) is 9.68. The molecular formula is C24H23ClF6. The van der Waals surface area contributed by atoms with E-state index in [9.17, 15) is 26.3 Å². The Morgan fingerprint density at radius 2 is 1.74 bits per heavy atom. The maximum Gasteiger partial charge on any atom is 0.399 e. The normalized spacial score (nSPS) is 15.0. The molecule has 0 aliphatic heterocycles.